The molecule has 2 aromatic rings. The second kappa shape index (κ2) is 8.48. The molecule has 2 aromatic carbocycles. The van der Waals surface area contributed by atoms with Gasteiger partial charge in [0.2, 0.25) is 5.75 Å². The highest BCUT2D eigenvalue weighted by Gasteiger charge is 2.14. The summed E-state index contributed by atoms with van der Waals surface area (Å²) in [6.45, 7) is 0.290. The predicted molar refractivity (Wildman–Crippen MR) is 95.5 cm³/mol. The van der Waals surface area contributed by atoms with Crippen molar-refractivity contribution < 1.29 is 23.0 Å². The number of halogens is 2. The maximum atomic E-state index is 13.6. The summed E-state index contributed by atoms with van der Waals surface area (Å²) in [6.07, 6.45) is 0. The van der Waals surface area contributed by atoms with Crippen LogP contribution < -0.4 is 24.8 Å². The first-order chi connectivity index (χ1) is 12.0. The van der Waals surface area contributed by atoms with Crippen LogP contribution in [0.15, 0.2) is 30.3 Å². The molecule has 0 aliphatic carbocycles. The van der Waals surface area contributed by atoms with Crippen LogP contribution in [-0.2, 0) is 6.54 Å². The molecular formula is C17H18F2N2O3S. The van der Waals surface area contributed by atoms with E-state index in [2.05, 4.69) is 10.6 Å². The minimum absolute atomic E-state index is 0.0813. The van der Waals surface area contributed by atoms with Gasteiger partial charge >= 0.3 is 0 Å². The van der Waals surface area contributed by atoms with Gasteiger partial charge in [-0.2, -0.15) is 0 Å². The molecule has 0 aliphatic rings. The van der Waals surface area contributed by atoms with Crippen LogP contribution in [0.4, 0.5) is 14.5 Å². The molecule has 0 bridgehead atoms. The van der Waals surface area contributed by atoms with Crippen molar-refractivity contribution in [2.75, 3.05) is 26.6 Å². The molecule has 8 heteroatoms. The van der Waals surface area contributed by atoms with E-state index in [4.69, 9.17) is 26.4 Å². The molecule has 0 atom stereocenters. The molecule has 0 heterocycles. The van der Waals surface area contributed by atoms with Gasteiger partial charge in [0.15, 0.2) is 16.6 Å². The fourth-order valence-electron chi connectivity index (χ4n) is 2.19. The number of rotatable bonds is 6. The van der Waals surface area contributed by atoms with E-state index in [9.17, 15) is 8.78 Å². The summed E-state index contributed by atoms with van der Waals surface area (Å²) in [4.78, 5) is 0. The summed E-state index contributed by atoms with van der Waals surface area (Å²) in [5.74, 6) is 0.0205. The summed E-state index contributed by atoms with van der Waals surface area (Å²) in [5.41, 5.74) is 0.484. The highest BCUT2D eigenvalue weighted by atomic mass is 32.1. The van der Waals surface area contributed by atoms with Crippen molar-refractivity contribution in [2.45, 2.75) is 6.54 Å². The lowest BCUT2D eigenvalue weighted by Crippen LogP contribution is -2.28. The predicted octanol–water partition coefficient (Wildman–Crippen LogP) is 3.48. The van der Waals surface area contributed by atoms with Crippen molar-refractivity contribution in [2.24, 2.45) is 0 Å². The average Bonchev–Trinajstić information content (AvgIpc) is 2.62. The molecule has 5 nitrogen and oxygen atoms in total. The van der Waals surface area contributed by atoms with Crippen LogP contribution in [0.25, 0.3) is 0 Å². The van der Waals surface area contributed by atoms with Gasteiger partial charge in [-0.05, 0) is 42.0 Å². The van der Waals surface area contributed by atoms with Gasteiger partial charge in [0, 0.05) is 6.54 Å². The Balaban J connectivity index is 2.09. The maximum Gasteiger partial charge on any atom is 0.203 e. The molecule has 134 valence electrons. The first-order valence-electron chi connectivity index (χ1n) is 7.28. The van der Waals surface area contributed by atoms with Gasteiger partial charge in [0.1, 0.15) is 17.3 Å². The molecule has 2 rings (SSSR count). The highest BCUT2D eigenvalue weighted by molar-refractivity contribution is 7.80. The van der Waals surface area contributed by atoms with E-state index in [1.54, 1.807) is 12.1 Å². The van der Waals surface area contributed by atoms with Gasteiger partial charge in [0.25, 0.3) is 0 Å². The SMILES string of the molecule is COc1cc(CNC(=S)Nc2c(F)cccc2F)cc(OC)c1OC. The first-order valence-corrected chi connectivity index (χ1v) is 7.68. The van der Waals surface area contributed by atoms with Crippen LogP contribution in [0, 0.1) is 11.6 Å². The molecule has 0 radical (unpaired) electrons. The molecule has 0 saturated carbocycles. The summed E-state index contributed by atoms with van der Waals surface area (Å²) < 4.78 is 43.0. The van der Waals surface area contributed by atoms with Gasteiger partial charge in [-0.1, -0.05) is 6.07 Å². The van der Waals surface area contributed by atoms with Crippen LogP contribution in [-0.4, -0.2) is 26.4 Å². The number of nitrogens with one attached hydrogen (secondary N) is 2. The van der Waals surface area contributed by atoms with E-state index in [1.807, 2.05) is 0 Å². The molecule has 0 saturated heterocycles. The number of methoxy groups -OCH3 is 3. The summed E-state index contributed by atoms with van der Waals surface area (Å²) in [6, 6.07) is 7.07. The second-order valence-corrected chi connectivity index (χ2v) is 5.35. The third-order valence-electron chi connectivity index (χ3n) is 3.38. The molecule has 25 heavy (non-hydrogen) atoms. The Hall–Kier alpha value is -2.61. The zero-order valence-electron chi connectivity index (χ0n) is 14.0. The largest absolute Gasteiger partial charge is 0.493 e. The average molecular weight is 368 g/mol. The number of hydrogen-bond acceptors (Lipinski definition) is 4. The zero-order valence-corrected chi connectivity index (χ0v) is 14.8. The van der Waals surface area contributed by atoms with Gasteiger partial charge < -0.3 is 24.8 Å². The van der Waals surface area contributed by atoms with Gasteiger partial charge in [0.05, 0.1) is 21.3 Å². The molecule has 0 fully saturated rings. The molecule has 0 amide bonds. The van der Waals surface area contributed by atoms with Gasteiger partial charge in [-0.3, -0.25) is 0 Å². The highest BCUT2D eigenvalue weighted by Crippen LogP contribution is 2.38. The van der Waals surface area contributed by atoms with E-state index < -0.39 is 11.6 Å². The zero-order chi connectivity index (χ0) is 18.4. The summed E-state index contributed by atoms with van der Waals surface area (Å²) in [7, 11) is 4.55. The summed E-state index contributed by atoms with van der Waals surface area (Å²) in [5, 5.41) is 5.47. The molecule has 0 unspecified atom stereocenters. The Kier molecular flexibility index (Phi) is 6.35. The van der Waals surface area contributed by atoms with Crippen molar-refractivity contribution in [1.82, 2.24) is 5.32 Å². The van der Waals surface area contributed by atoms with Gasteiger partial charge in [-0.15, -0.1) is 0 Å². The van der Waals surface area contributed by atoms with Crippen LogP contribution in [0.5, 0.6) is 17.2 Å². The van der Waals surface area contributed by atoms with Crippen molar-refractivity contribution in [3.63, 3.8) is 0 Å². The molecule has 2 N–H and O–H groups in total. The Morgan fingerprint density at radius 2 is 1.56 bits per heavy atom. The van der Waals surface area contributed by atoms with Crippen molar-refractivity contribution in [3.05, 3.63) is 47.5 Å². The van der Waals surface area contributed by atoms with Crippen LogP contribution >= 0.6 is 12.2 Å². The van der Waals surface area contributed by atoms with Crippen LogP contribution in [0.3, 0.4) is 0 Å². The molecule has 0 spiro atoms. The van der Waals surface area contributed by atoms with Crippen LogP contribution in [0.2, 0.25) is 0 Å². The standard InChI is InChI=1S/C17H18F2N2O3S/c1-22-13-7-10(8-14(23-2)16(13)24-3)9-20-17(25)21-15-11(18)5-4-6-12(15)19/h4-8H,9H2,1-3H3,(H2,20,21,25). The smallest absolute Gasteiger partial charge is 0.203 e. The van der Waals surface area contributed by atoms with Crippen molar-refractivity contribution in [1.29, 1.82) is 0 Å². The Morgan fingerprint density at radius 1 is 1.00 bits per heavy atom. The lowest BCUT2D eigenvalue weighted by atomic mass is 10.2. The van der Waals surface area contributed by atoms with E-state index >= 15 is 0 Å². The monoisotopic (exact) mass is 368 g/mol. The minimum Gasteiger partial charge on any atom is -0.493 e. The number of anilines is 1. The lowest BCUT2D eigenvalue weighted by molar-refractivity contribution is 0.323. The molecule has 0 aromatic heterocycles. The van der Waals surface area contributed by atoms with Crippen molar-refractivity contribution >= 4 is 23.0 Å². The van der Waals surface area contributed by atoms with E-state index in [-0.39, 0.29) is 10.8 Å². The fourth-order valence-corrected chi connectivity index (χ4v) is 2.37. The third kappa shape index (κ3) is 4.48. The first kappa shape index (κ1) is 18.7. The Labute approximate surface area is 149 Å². The molecular weight excluding hydrogens is 350 g/mol. The van der Waals surface area contributed by atoms with E-state index in [0.29, 0.717) is 23.8 Å². The van der Waals surface area contributed by atoms with Crippen molar-refractivity contribution in [3.8, 4) is 17.2 Å². The minimum atomic E-state index is -0.725. The number of para-hydroxylation sites is 1. The lowest BCUT2D eigenvalue weighted by Gasteiger charge is -2.15. The van der Waals surface area contributed by atoms with E-state index in [0.717, 1.165) is 17.7 Å². The molecule has 0 aliphatic heterocycles. The Bertz CT molecular complexity index is 726. The third-order valence-corrected chi connectivity index (χ3v) is 3.63. The quantitative estimate of drug-likeness (QED) is 0.762. The number of benzene rings is 2. The Morgan fingerprint density at radius 3 is 2.04 bits per heavy atom. The van der Waals surface area contributed by atoms with Crippen LogP contribution in [0.1, 0.15) is 5.56 Å². The number of thiocarbonyl (C=S) groups is 1. The normalized spacial score (nSPS) is 10.1. The van der Waals surface area contributed by atoms with Gasteiger partial charge in [-0.25, -0.2) is 8.78 Å². The van der Waals surface area contributed by atoms with E-state index in [1.165, 1.54) is 27.4 Å². The number of hydrogen-bond donors (Lipinski definition) is 2. The topological polar surface area (TPSA) is 51.8 Å². The number of ether oxygens (including phenoxy) is 3. The fraction of sp³-hybridized carbons (Fsp3) is 0.235. The second-order valence-electron chi connectivity index (χ2n) is 4.94. The summed E-state index contributed by atoms with van der Waals surface area (Å²) >= 11 is 5.08. The maximum absolute atomic E-state index is 13.6.